The lowest BCUT2D eigenvalue weighted by molar-refractivity contribution is -0.122. The Kier molecular flexibility index (Phi) is 8.13. The second-order valence-electron chi connectivity index (χ2n) is 9.33. The Bertz CT molecular complexity index is 1090. The minimum Gasteiger partial charge on any atom is -0.497 e. The molecule has 1 N–H and O–H groups in total. The van der Waals surface area contributed by atoms with Gasteiger partial charge in [-0.25, -0.2) is 0 Å². The first-order valence-corrected chi connectivity index (χ1v) is 12.9. The van der Waals surface area contributed by atoms with Crippen LogP contribution in [-0.4, -0.2) is 73.9 Å². The van der Waals surface area contributed by atoms with E-state index in [2.05, 4.69) is 10.2 Å². The molecule has 192 valence electrons. The van der Waals surface area contributed by atoms with Crippen LogP contribution in [0.5, 0.6) is 5.75 Å². The molecule has 2 aliphatic rings. The molecule has 2 aromatic rings. The van der Waals surface area contributed by atoms with Gasteiger partial charge < -0.3 is 24.8 Å². The largest absolute Gasteiger partial charge is 0.497 e. The van der Waals surface area contributed by atoms with Crippen LogP contribution in [0.25, 0.3) is 0 Å². The van der Waals surface area contributed by atoms with Crippen molar-refractivity contribution in [2.45, 2.75) is 33.1 Å². The summed E-state index contributed by atoms with van der Waals surface area (Å²) in [6.07, 6.45) is 2.94. The van der Waals surface area contributed by atoms with Gasteiger partial charge in [0.2, 0.25) is 5.91 Å². The second-order valence-corrected chi connectivity index (χ2v) is 9.33. The molecule has 2 fully saturated rings. The van der Waals surface area contributed by atoms with Gasteiger partial charge in [-0.15, -0.1) is 0 Å². The van der Waals surface area contributed by atoms with Crippen molar-refractivity contribution in [2.24, 2.45) is 5.92 Å². The third-order valence-electron chi connectivity index (χ3n) is 7.27. The number of amides is 3. The first kappa shape index (κ1) is 25.5. The highest BCUT2D eigenvalue weighted by Crippen LogP contribution is 2.30. The molecule has 0 spiro atoms. The van der Waals surface area contributed by atoms with Crippen molar-refractivity contribution in [3.05, 3.63) is 53.6 Å². The molecular formula is C28H36N4O4. The summed E-state index contributed by atoms with van der Waals surface area (Å²) >= 11 is 0. The lowest BCUT2D eigenvalue weighted by Gasteiger charge is -2.37. The van der Waals surface area contributed by atoms with E-state index in [0.717, 1.165) is 24.9 Å². The molecule has 1 heterocycles. The summed E-state index contributed by atoms with van der Waals surface area (Å²) < 4.78 is 5.18. The fourth-order valence-electron chi connectivity index (χ4n) is 4.72. The predicted molar refractivity (Wildman–Crippen MR) is 141 cm³/mol. The van der Waals surface area contributed by atoms with E-state index in [9.17, 15) is 14.4 Å². The van der Waals surface area contributed by atoms with E-state index < -0.39 is 0 Å². The van der Waals surface area contributed by atoms with Gasteiger partial charge in [0.05, 0.1) is 12.7 Å². The molecule has 1 aliphatic heterocycles. The van der Waals surface area contributed by atoms with Gasteiger partial charge in [0.25, 0.3) is 11.8 Å². The van der Waals surface area contributed by atoms with Crippen molar-refractivity contribution in [1.29, 1.82) is 0 Å². The average molecular weight is 493 g/mol. The number of rotatable bonds is 8. The van der Waals surface area contributed by atoms with Gasteiger partial charge in [-0.3, -0.25) is 14.4 Å². The summed E-state index contributed by atoms with van der Waals surface area (Å²) in [5, 5.41) is 3.00. The molecule has 0 radical (unpaired) electrons. The number of ether oxygens (including phenoxy) is 1. The number of methoxy groups -OCH3 is 1. The van der Waals surface area contributed by atoms with Crippen LogP contribution in [-0.2, 0) is 4.79 Å². The molecule has 8 nitrogen and oxygen atoms in total. The number of hydrogen-bond acceptors (Lipinski definition) is 5. The number of carbonyl (C=O) groups excluding carboxylic acids is 3. The summed E-state index contributed by atoms with van der Waals surface area (Å²) in [7, 11) is 1.60. The van der Waals surface area contributed by atoms with Crippen molar-refractivity contribution < 1.29 is 19.1 Å². The van der Waals surface area contributed by atoms with Crippen LogP contribution in [0.4, 0.5) is 11.4 Å². The van der Waals surface area contributed by atoms with E-state index in [1.165, 1.54) is 0 Å². The predicted octanol–water partition coefficient (Wildman–Crippen LogP) is 3.88. The van der Waals surface area contributed by atoms with Crippen LogP contribution < -0.4 is 15.0 Å². The molecule has 0 bridgehead atoms. The topological polar surface area (TPSA) is 82.2 Å². The van der Waals surface area contributed by atoms with E-state index >= 15 is 0 Å². The maximum Gasteiger partial charge on any atom is 0.256 e. The summed E-state index contributed by atoms with van der Waals surface area (Å²) in [6.45, 7) is 7.51. The molecule has 1 saturated carbocycles. The van der Waals surface area contributed by atoms with Crippen LogP contribution in [0.1, 0.15) is 53.8 Å². The van der Waals surface area contributed by atoms with E-state index in [4.69, 9.17) is 4.74 Å². The summed E-state index contributed by atoms with van der Waals surface area (Å²) in [4.78, 5) is 44.7. The zero-order valence-electron chi connectivity index (χ0n) is 21.5. The SMILES string of the molecule is CCN(CC)C(=O)c1cc(NC(=O)C2CCC2)ccc1N1CCN(C(=O)c2ccc(OC)cc2)CC1. The van der Waals surface area contributed by atoms with Gasteiger partial charge in [-0.05, 0) is 69.2 Å². The minimum atomic E-state index is -0.0496. The number of nitrogens with zero attached hydrogens (tertiary/aromatic N) is 3. The summed E-state index contributed by atoms with van der Waals surface area (Å²) in [5.41, 5.74) is 2.71. The van der Waals surface area contributed by atoms with E-state index in [1.807, 2.05) is 30.9 Å². The molecule has 36 heavy (non-hydrogen) atoms. The lowest BCUT2D eigenvalue weighted by atomic mass is 9.85. The Morgan fingerprint density at radius 1 is 0.972 bits per heavy atom. The fourth-order valence-corrected chi connectivity index (χ4v) is 4.72. The molecule has 4 rings (SSSR count). The summed E-state index contributed by atoms with van der Waals surface area (Å²) in [6, 6.07) is 12.8. The Balaban J connectivity index is 1.50. The zero-order chi connectivity index (χ0) is 25.7. The van der Waals surface area contributed by atoms with Gasteiger partial charge >= 0.3 is 0 Å². The van der Waals surface area contributed by atoms with Crippen molar-refractivity contribution >= 4 is 29.1 Å². The third kappa shape index (κ3) is 5.48. The Morgan fingerprint density at radius 3 is 2.19 bits per heavy atom. The maximum absolute atomic E-state index is 13.4. The average Bonchev–Trinajstić information content (AvgIpc) is 2.88. The molecule has 0 unspecified atom stereocenters. The van der Waals surface area contributed by atoms with E-state index in [0.29, 0.717) is 61.8 Å². The quantitative estimate of drug-likeness (QED) is 0.605. The van der Waals surface area contributed by atoms with Gasteiger partial charge in [-0.1, -0.05) is 6.42 Å². The van der Waals surface area contributed by atoms with Crippen LogP contribution in [0.2, 0.25) is 0 Å². The van der Waals surface area contributed by atoms with Gasteiger partial charge in [0.1, 0.15) is 5.75 Å². The molecule has 2 aromatic carbocycles. The second kappa shape index (κ2) is 11.5. The number of hydrogen-bond donors (Lipinski definition) is 1. The highest BCUT2D eigenvalue weighted by molar-refractivity contribution is 6.02. The van der Waals surface area contributed by atoms with Crippen molar-refractivity contribution in [3.8, 4) is 5.75 Å². The number of nitrogens with one attached hydrogen (secondary N) is 1. The number of anilines is 2. The highest BCUT2D eigenvalue weighted by atomic mass is 16.5. The Hall–Kier alpha value is -3.55. The Morgan fingerprint density at radius 2 is 1.64 bits per heavy atom. The van der Waals surface area contributed by atoms with Gasteiger partial charge in [0.15, 0.2) is 0 Å². The molecule has 1 saturated heterocycles. The van der Waals surface area contributed by atoms with E-state index in [-0.39, 0.29) is 23.6 Å². The zero-order valence-corrected chi connectivity index (χ0v) is 21.5. The standard InChI is InChI=1S/C28H36N4O4/c1-4-30(5-2)28(35)24-19-22(29-26(33)20-7-6-8-20)11-14-25(24)31-15-17-32(18-16-31)27(34)21-9-12-23(36-3)13-10-21/h9-14,19-20H,4-8,15-18H2,1-3H3,(H,29,33). The first-order valence-electron chi connectivity index (χ1n) is 12.9. The highest BCUT2D eigenvalue weighted by Gasteiger charge is 2.28. The monoisotopic (exact) mass is 492 g/mol. The van der Waals surface area contributed by atoms with Crippen LogP contribution in [0.15, 0.2) is 42.5 Å². The molecule has 3 amide bonds. The number of benzene rings is 2. The van der Waals surface area contributed by atoms with Crippen LogP contribution in [0, 0.1) is 5.92 Å². The maximum atomic E-state index is 13.4. The smallest absolute Gasteiger partial charge is 0.256 e. The fraction of sp³-hybridized carbons (Fsp3) is 0.464. The number of carbonyl (C=O) groups is 3. The third-order valence-corrected chi connectivity index (χ3v) is 7.27. The van der Waals surface area contributed by atoms with Crippen LogP contribution >= 0.6 is 0 Å². The number of piperazine rings is 1. The van der Waals surface area contributed by atoms with Crippen LogP contribution in [0.3, 0.4) is 0 Å². The first-order chi connectivity index (χ1) is 17.4. The minimum absolute atomic E-state index is 0.00852. The molecule has 0 aromatic heterocycles. The molecule has 0 atom stereocenters. The van der Waals surface area contributed by atoms with Crippen molar-refractivity contribution in [3.63, 3.8) is 0 Å². The summed E-state index contributed by atoms with van der Waals surface area (Å²) in [5.74, 6) is 0.759. The lowest BCUT2D eigenvalue weighted by Crippen LogP contribution is -2.49. The Labute approximate surface area is 213 Å². The normalized spacial score (nSPS) is 15.8. The molecule has 1 aliphatic carbocycles. The van der Waals surface area contributed by atoms with E-state index in [1.54, 1.807) is 42.3 Å². The molecule has 8 heteroatoms. The molecular weight excluding hydrogens is 456 g/mol. The van der Waals surface area contributed by atoms with Gasteiger partial charge in [0, 0.05) is 62.1 Å². The van der Waals surface area contributed by atoms with Crippen molar-refractivity contribution in [2.75, 3.05) is 56.6 Å². The van der Waals surface area contributed by atoms with Gasteiger partial charge in [-0.2, -0.15) is 0 Å². The van der Waals surface area contributed by atoms with Crippen molar-refractivity contribution in [1.82, 2.24) is 9.80 Å².